The highest BCUT2D eigenvalue weighted by Gasteiger charge is 2.35. The number of hydrazine groups is 1. The van der Waals surface area contributed by atoms with Gasteiger partial charge in [0, 0.05) is 18.8 Å². The number of aromatic nitrogens is 2. The summed E-state index contributed by atoms with van der Waals surface area (Å²) in [4.78, 5) is 19.8. The van der Waals surface area contributed by atoms with E-state index in [-0.39, 0.29) is 11.7 Å². The van der Waals surface area contributed by atoms with Gasteiger partial charge in [0.15, 0.2) is 5.82 Å². The largest absolute Gasteiger partial charge is 0.464 e. The number of carboxylic acid groups (broad SMARTS) is 1. The zero-order chi connectivity index (χ0) is 16.9. The second-order valence-corrected chi connectivity index (χ2v) is 6.09. The van der Waals surface area contributed by atoms with Gasteiger partial charge in [-0.05, 0) is 26.2 Å². The molecule has 1 aromatic heterocycles. The van der Waals surface area contributed by atoms with Crippen LogP contribution >= 0.6 is 0 Å². The molecule has 1 aromatic rings. The van der Waals surface area contributed by atoms with E-state index >= 15 is 0 Å². The predicted octanol–water partition coefficient (Wildman–Crippen LogP) is 2.89. The summed E-state index contributed by atoms with van der Waals surface area (Å²) >= 11 is 0. The van der Waals surface area contributed by atoms with Gasteiger partial charge in [-0.2, -0.15) is 10.2 Å². The van der Waals surface area contributed by atoms with Gasteiger partial charge in [-0.15, -0.1) is 0 Å². The number of carbonyl (C=O) groups is 1. The molecule has 0 saturated carbocycles. The van der Waals surface area contributed by atoms with Crippen molar-refractivity contribution in [2.75, 3.05) is 11.6 Å². The van der Waals surface area contributed by atoms with E-state index in [9.17, 15) is 9.90 Å². The van der Waals surface area contributed by atoms with Crippen molar-refractivity contribution in [3.63, 3.8) is 0 Å². The lowest BCUT2D eigenvalue weighted by Crippen LogP contribution is -2.58. The van der Waals surface area contributed by atoms with Gasteiger partial charge in [0.2, 0.25) is 5.82 Å². The SMILES string of the molecule is CCC(C)(C)N(C(=O)O)N(CC(C)C)c1ccnc(C#N)n1. The zero-order valence-electron chi connectivity index (χ0n) is 13.7. The Hall–Kier alpha value is -2.36. The van der Waals surface area contributed by atoms with Crippen molar-refractivity contribution in [2.24, 2.45) is 5.92 Å². The molecule has 0 bridgehead atoms. The molecule has 22 heavy (non-hydrogen) atoms. The van der Waals surface area contributed by atoms with Crippen LogP contribution in [-0.2, 0) is 0 Å². The second kappa shape index (κ2) is 7.07. The maximum atomic E-state index is 11.8. The number of rotatable bonds is 6. The second-order valence-electron chi connectivity index (χ2n) is 6.09. The quantitative estimate of drug-likeness (QED) is 0.812. The summed E-state index contributed by atoms with van der Waals surface area (Å²) in [6, 6.07) is 3.50. The van der Waals surface area contributed by atoms with Crippen molar-refractivity contribution in [2.45, 2.75) is 46.6 Å². The molecular formula is C15H23N5O2. The molecule has 120 valence electrons. The van der Waals surface area contributed by atoms with Gasteiger partial charge in [0.05, 0.1) is 5.54 Å². The highest BCUT2D eigenvalue weighted by Crippen LogP contribution is 2.26. The summed E-state index contributed by atoms with van der Waals surface area (Å²) < 4.78 is 0. The third kappa shape index (κ3) is 4.07. The topological polar surface area (TPSA) is 93.4 Å². The fraction of sp³-hybridized carbons (Fsp3) is 0.600. The van der Waals surface area contributed by atoms with E-state index in [1.807, 2.05) is 40.7 Å². The van der Waals surface area contributed by atoms with Crippen LogP contribution in [0.5, 0.6) is 0 Å². The van der Waals surface area contributed by atoms with Gasteiger partial charge in [-0.3, -0.25) is 5.01 Å². The maximum Gasteiger partial charge on any atom is 0.426 e. The monoisotopic (exact) mass is 305 g/mol. The molecule has 0 fully saturated rings. The minimum atomic E-state index is -1.05. The number of nitrogens with zero attached hydrogens (tertiary/aromatic N) is 5. The molecule has 0 aliphatic heterocycles. The van der Waals surface area contributed by atoms with Crippen molar-refractivity contribution in [1.29, 1.82) is 5.26 Å². The molecule has 1 heterocycles. The highest BCUT2D eigenvalue weighted by molar-refractivity contribution is 5.69. The first-order valence-electron chi connectivity index (χ1n) is 7.26. The van der Waals surface area contributed by atoms with E-state index in [2.05, 4.69) is 9.97 Å². The van der Waals surface area contributed by atoms with Gasteiger partial charge in [0.1, 0.15) is 6.07 Å². The average molecular weight is 305 g/mol. The fourth-order valence-corrected chi connectivity index (χ4v) is 2.01. The van der Waals surface area contributed by atoms with E-state index in [1.54, 1.807) is 11.1 Å². The molecule has 1 N–H and O–H groups in total. The lowest BCUT2D eigenvalue weighted by atomic mass is 10.0. The molecule has 0 aliphatic rings. The highest BCUT2D eigenvalue weighted by atomic mass is 16.4. The molecule has 0 aliphatic carbocycles. The summed E-state index contributed by atoms with van der Waals surface area (Å²) in [7, 11) is 0. The standard InChI is InChI=1S/C15H23N5O2/c1-6-15(4,5)20(14(21)22)19(10-11(2)3)13-7-8-17-12(9-16)18-13/h7-8,11H,6,10H2,1-5H3,(H,21,22). The maximum absolute atomic E-state index is 11.8. The van der Waals surface area contributed by atoms with Gasteiger partial charge in [0.25, 0.3) is 0 Å². The summed E-state index contributed by atoms with van der Waals surface area (Å²) in [5.74, 6) is 0.644. The first-order valence-corrected chi connectivity index (χ1v) is 7.26. The lowest BCUT2D eigenvalue weighted by molar-refractivity contribution is 0.0782. The van der Waals surface area contributed by atoms with Gasteiger partial charge < -0.3 is 5.11 Å². The van der Waals surface area contributed by atoms with Crippen LogP contribution in [0, 0.1) is 17.2 Å². The van der Waals surface area contributed by atoms with Crippen LogP contribution < -0.4 is 5.01 Å². The van der Waals surface area contributed by atoms with E-state index in [4.69, 9.17) is 5.26 Å². The van der Waals surface area contributed by atoms with Crippen molar-refractivity contribution in [3.8, 4) is 6.07 Å². The smallest absolute Gasteiger partial charge is 0.426 e. The Morgan fingerprint density at radius 2 is 2.14 bits per heavy atom. The summed E-state index contributed by atoms with van der Waals surface area (Å²) in [5, 5.41) is 21.5. The van der Waals surface area contributed by atoms with Crippen LogP contribution in [0.15, 0.2) is 12.3 Å². The van der Waals surface area contributed by atoms with Crippen molar-refractivity contribution < 1.29 is 9.90 Å². The van der Waals surface area contributed by atoms with Crippen LogP contribution in [0.1, 0.15) is 46.9 Å². The third-order valence-corrected chi connectivity index (χ3v) is 3.40. The Morgan fingerprint density at radius 3 is 2.59 bits per heavy atom. The number of hydrogen-bond donors (Lipinski definition) is 1. The number of nitriles is 1. The van der Waals surface area contributed by atoms with E-state index in [1.165, 1.54) is 11.2 Å². The molecule has 0 radical (unpaired) electrons. The Balaban J connectivity index is 3.36. The van der Waals surface area contributed by atoms with E-state index in [0.29, 0.717) is 18.8 Å². The average Bonchev–Trinajstić information content (AvgIpc) is 2.45. The van der Waals surface area contributed by atoms with Crippen LogP contribution in [0.3, 0.4) is 0 Å². The van der Waals surface area contributed by atoms with Crippen LogP contribution in [0.4, 0.5) is 10.6 Å². The Labute approximate surface area is 131 Å². The molecule has 7 nitrogen and oxygen atoms in total. The van der Waals surface area contributed by atoms with Gasteiger partial charge in [-0.25, -0.2) is 14.8 Å². The van der Waals surface area contributed by atoms with Gasteiger partial charge in [-0.1, -0.05) is 20.8 Å². The Bertz CT molecular complexity index is 565. The summed E-state index contributed by atoms with van der Waals surface area (Å²) in [5.41, 5.74) is -0.599. The molecule has 0 spiro atoms. The van der Waals surface area contributed by atoms with Crippen LogP contribution in [0.2, 0.25) is 0 Å². The molecule has 0 atom stereocenters. The van der Waals surface area contributed by atoms with Crippen LogP contribution in [0.25, 0.3) is 0 Å². The zero-order valence-corrected chi connectivity index (χ0v) is 13.7. The van der Waals surface area contributed by atoms with Crippen LogP contribution in [-0.4, -0.2) is 38.3 Å². The number of amides is 1. The van der Waals surface area contributed by atoms with E-state index < -0.39 is 11.6 Å². The minimum Gasteiger partial charge on any atom is -0.464 e. The lowest BCUT2D eigenvalue weighted by Gasteiger charge is -2.44. The normalized spacial score (nSPS) is 11.1. The van der Waals surface area contributed by atoms with Crippen molar-refractivity contribution >= 4 is 11.9 Å². The Morgan fingerprint density at radius 1 is 1.50 bits per heavy atom. The summed E-state index contributed by atoms with van der Waals surface area (Å²) in [6.07, 6.45) is 1.06. The minimum absolute atomic E-state index is 0.0194. The fourth-order valence-electron chi connectivity index (χ4n) is 2.01. The van der Waals surface area contributed by atoms with Crippen molar-refractivity contribution in [3.05, 3.63) is 18.1 Å². The molecule has 0 saturated heterocycles. The number of anilines is 1. The molecule has 1 rings (SSSR count). The molecular weight excluding hydrogens is 282 g/mol. The van der Waals surface area contributed by atoms with E-state index in [0.717, 1.165) is 0 Å². The van der Waals surface area contributed by atoms with Gasteiger partial charge >= 0.3 is 6.09 Å². The third-order valence-electron chi connectivity index (χ3n) is 3.40. The summed E-state index contributed by atoms with van der Waals surface area (Å²) in [6.45, 7) is 10.1. The first-order chi connectivity index (χ1) is 10.2. The Kier molecular flexibility index (Phi) is 5.69. The molecule has 1 amide bonds. The molecule has 0 aromatic carbocycles. The predicted molar refractivity (Wildman–Crippen MR) is 83.2 cm³/mol. The number of hydrogen-bond acceptors (Lipinski definition) is 5. The first kappa shape index (κ1) is 17.7. The molecule has 7 heteroatoms. The van der Waals surface area contributed by atoms with Crippen molar-refractivity contribution in [1.82, 2.24) is 15.0 Å². The molecule has 0 unspecified atom stereocenters.